The van der Waals surface area contributed by atoms with Gasteiger partial charge in [-0.3, -0.25) is 0 Å². The van der Waals surface area contributed by atoms with Crippen molar-refractivity contribution < 1.29 is 4.74 Å². The summed E-state index contributed by atoms with van der Waals surface area (Å²) in [5, 5.41) is 7.66. The monoisotopic (exact) mass is 331 g/mol. The number of ether oxygens (including phenoxy) is 1. The maximum Gasteiger partial charge on any atom is 0.181 e. The number of benzene rings is 2. The summed E-state index contributed by atoms with van der Waals surface area (Å²) in [7, 11) is 0. The summed E-state index contributed by atoms with van der Waals surface area (Å²) >= 11 is 0. The molecule has 6 heteroatoms. The van der Waals surface area contributed by atoms with E-state index >= 15 is 0 Å². The average molecular weight is 331 g/mol. The maximum absolute atomic E-state index is 5.63. The Hall–Kier alpha value is -3.41. The third kappa shape index (κ3) is 3.01. The largest absolute Gasteiger partial charge is 0.492 e. The van der Waals surface area contributed by atoms with E-state index in [0.717, 1.165) is 28.3 Å². The van der Waals surface area contributed by atoms with Crippen LogP contribution in [0.15, 0.2) is 67.0 Å². The molecule has 124 valence electrons. The van der Waals surface area contributed by atoms with Crippen LogP contribution in [0.3, 0.4) is 0 Å². The molecular weight excluding hydrogens is 314 g/mol. The Kier molecular flexibility index (Phi) is 4.00. The number of aromatic nitrogens is 4. The summed E-state index contributed by atoms with van der Waals surface area (Å²) in [5.74, 6) is 1.43. The molecule has 4 aromatic rings. The highest BCUT2D eigenvalue weighted by atomic mass is 16.5. The van der Waals surface area contributed by atoms with Gasteiger partial charge in [-0.2, -0.15) is 5.10 Å². The van der Waals surface area contributed by atoms with Crippen LogP contribution in [0.4, 0.5) is 11.5 Å². The second kappa shape index (κ2) is 6.60. The maximum atomic E-state index is 5.63. The smallest absolute Gasteiger partial charge is 0.181 e. The highest BCUT2D eigenvalue weighted by molar-refractivity contribution is 5.75. The normalized spacial score (nSPS) is 10.8. The molecule has 2 aromatic heterocycles. The van der Waals surface area contributed by atoms with E-state index in [1.54, 1.807) is 17.1 Å². The molecular formula is C19H17N5O. The molecule has 0 aliphatic rings. The minimum Gasteiger partial charge on any atom is -0.492 e. The van der Waals surface area contributed by atoms with E-state index in [-0.39, 0.29) is 0 Å². The first kappa shape index (κ1) is 15.1. The van der Waals surface area contributed by atoms with Crippen molar-refractivity contribution in [2.24, 2.45) is 0 Å². The van der Waals surface area contributed by atoms with Crippen molar-refractivity contribution in [3.8, 4) is 11.4 Å². The summed E-state index contributed by atoms with van der Waals surface area (Å²) < 4.78 is 7.41. The molecule has 0 atom stereocenters. The van der Waals surface area contributed by atoms with Gasteiger partial charge in [-0.1, -0.05) is 30.3 Å². The van der Waals surface area contributed by atoms with Crippen molar-refractivity contribution in [3.63, 3.8) is 0 Å². The van der Waals surface area contributed by atoms with Crippen molar-refractivity contribution in [1.82, 2.24) is 19.7 Å². The third-order valence-electron chi connectivity index (χ3n) is 3.73. The van der Waals surface area contributed by atoms with Crippen LogP contribution in [-0.2, 0) is 0 Å². The number of fused-ring (bicyclic) bond motifs is 1. The molecule has 0 amide bonds. The van der Waals surface area contributed by atoms with E-state index < -0.39 is 0 Å². The van der Waals surface area contributed by atoms with Crippen LogP contribution in [0.1, 0.15) is 6.92 Å². The lowest BCUT2D eigenvalue weighted by molar-refractivity contribution is 0.342. The highest BCUT2D eigenvalue weighted by Crippen LogP contribution is 2.27. The van der Waals surface area contributed by atoms with E-state index in [1.165, 1.54) is 0 Å². The molecule has 0 unspecified atom stereocenters. The minimum atomic E-state index is 0.604. The van der Waals surface area contributed by atoms with Crippen LogP contribution in [0, 0.1) is 0 Å². The number of rotatable bonds is 5. The van der Waals surface area contributed by atoms with Crippen LogP contribution in [0.25, 0.3) is 16.9 Å². The highest BCUT2D eigenvalue weighted by Gasteiger charge is 2.09. The predicted molar refractivity (Wildman–Crippen MR) is 97.6 cm³/mol. The Labute approximate surface area is 145 Å². The molecule has 0 saturated carbocycles. The Morgan fingerprint density at radius 1 is 1.00 bits per heavy atom. The molecule has 0 radical (unpaired) electrons. The summed E-state index contributed by atoms with van der Waals surface area (Å²) in [6.07, 6.45) is 3.42. The SMILES string of the molecule is CCOc1ccccc1Nc1cnc2c(cnn2-c2ccccc2)n1. The van der Waals surface area contributed by atoms with Gasteiger partial charge in [0.2, 0.25) is 0 Å². The number of para-hydroxylation sites is 3. The lowest BCUT2D eigenvalue weighted by Gasteiger charge is -2.11. The first-order valence-electron chi connectivity index (χ1n) is 8.10. The minimum absolute atomic E-state index is 0.604. The van der Waals surface area contributed by atoms with E-state index in [0.29, 0.717) is 12.4 Å². The molecule has 0 spiro atoms. The molecule has 1 N–H and O–H groups in total. The Balaban J connectivity index is 1.67. The molecule has 0 aliphatic carbocycles. The van der Waals surface area contributed by atoms with Crippen molar-refractivity contribution in [2.45, 2.75) is 6.92 Å². The van der Waals surface area contributed by atoms with Gasteiger partial charge in [0.1, 0.15) is 17.1 Å². The lowest BCUT2D eigenvalue weighted by Crippen LogP contribution is -2.01. The molecule has 2 heterocycles. The second-order valence-electron chi connectivity index (χ2n) is 5.41. The fourth-order valence-electron chi connectivity index (χ4n) is 2.62. The molecule has 4 rings (SSSR count). The van der Waals surface area contributed by atoms with Crippen molar-refractivity contribution in [2.75, 3.05) is 11.9 Å². The fourth-order valence-corrected chi connectivity index (χ4v) is 2.62. The van der Waals surface area contributed by atoms with Gasteiger partial charge >= 0.3 is 0 Å². The molecule has 25 heavy (non-hydrogen) atoms. The molecule has 0 aliphatic heterocycles. The second-order valence-corrected chi connectivity index (χ2v) is 5.41. The van der Waals surface area contributed by atoms with Crippen LogP contribution in [0.2, 0.25) is 0 Å². The fraction of sp³-hybridized carbons (Fsp3) is 0.105. The zero-order valence-corrected chi connectivity index (χ0v) is 13.8. The molecule has 6 nitrogen and oxygen atoms in total. The van der Waals surface area contributed by atoms with E-state index in [9.17, 15) is 0 Å². The number of anilines is 2. The summed E-state index contributed by atoms with van der Waals surface area (Å²) in [6, 6.07) is 17.6. The van der Waals surface area contributed by atoms with E-state index in [1.807, 2.05) is 61.5 Å². The van der Waals surface area contributed by atoms with Gasteiger partial charge in [-0.25, -0.2) is 14.6 Å². The van der Waals surface area contributed by atoms with Gasteiger partial charge in [0.25, 0.3) is 0 Å². The van der Waals surface area contributed by atoms with E-state index in [4.69, 9.17) is 4.74 Å². The summed E-state index contributed by atoms with van der Waals surface area (Å²) in [6.45, 7) is 2.56. The molecule has 0 saturated heterocycles. The van der Waals surface area contributed by atoms with Crippen molar-refractivity contribution in [3.05, 3.63) is 67.0 Å². The van der Waals surface area contributed by atoms with Crippen LogP contribution < -0.4 is 10.1 Å². The number of nitrogens with one attached hydrogen (secondary N) is 1. The summed E-state index contributed by atoms with van der Waals surface area (Å²) in [5.41, 5.74) is 3.25. The first-order chi connectivity index (χ1) is 12.3. The van der Waals surface area contributed by atoms with Gasteiger partial charge in [-0.05, 0) is 31.2 Å². The Morgan fingerprint density at radius 3 is 2.64 bits per heavy atom. The average Bonchev–Trinajstić information content (AvgIpc) is 3.07. The van der Waals surface area contributed by atoms with Gasteiger partial charge in [0.15, 0.2) is 5.65 Å². The van der Waals surface area contributed by atoms with Gasteiger partial charge < -0.3 is 10.1 Å². The quantitative estimate of drug-likeness (QED) is 0.600. The lowest BCUT2D eigenvalue weighted by atomic mass is 10.3. The van der Waals surface area contributed by atoms with E-state index in [2.05, 4.69) is 20.4 Å². The molecule has 0 bridgehead atoms. The zero-order valence-electron chi connectivity index (χ0n) is 13.8. The predicted octanol–water partition coefficient (Wildman–Crippen LogP) is 3.96. The third-order valence-corrected chi connectivity index (χ3v) is 3.73. The zero-order chi connectivity index (χ0) is 17.1. The van der Waals surface area contributed by atoms with Crippen LogP contribution in [-0.4, -0.2) is 26.4 Å². The van der Waals surface area contributed by atoms with Gasteiger partial charge in [0.05, 0.1) is 30.4 Å². The van der Waals surface area contributed by atoms with Gasteiger partial charge in [-0.15, -0.1) is 0 Å². The number of hydrogen-bond acceptors (Lipinski definition) is 5. The van der Waals surface area contributed by atoms with Crippen molar-refractivity contribution in [1.29, 1.82) is 0 Å². The summed E-state index contributed by atoms with van der Waals surface area (Å²) in [4.78, 5) is 9.13. The molecule has 2 aromatic carbocycles. The Bertz CT molecular complexity index is 997. The standard InChI is InChI=1S/C19H17N5O/c1-2-25-17-11-7-6-10-15(17)22-18-13-20-19-16(23-18)12-21-24(19)14-8-4-3-5-9-14/h3-13H,2H2,1H3,(H,22,23). The van der Waals surface area contributed by atoms with Crippen LogP contribution in [0.5, 0.6) is 5.75 Å². The number of nitrogens with zero attached hydrogens (tertiary/aromatic N) is 4. The molecule has 0 fully saturated rings. The van der Waals surface area contributed by atoms with Crippen molar-refractivity contribution >= 4 is 22.7 Å². The van der Waals surface area contributed by atoms with Gasteiger partial charge in [0, 0.05) is 0 Å². The first-order valence-corrected chi connectivity index (χ1v) is 8.10. The topological polar surface area (TPSA) is 64.9 Å². The van der Waals surface area contributed by atoms with Crippen LogP contribution >= 0.6 is 0 Å². The Morgan fingerprint density at radius 2 is 1.80 bits per heavy atom. The number of hydrogen-bond donors (Lipinski definition) is 1.